The molecule has 0 spiro atoms. The number of allylic oxidation sites excluding steroid dienone is 1. The van der Waals surface area contributed by atoms with Crippen LogP contribution in [0.4, 0.5) is 0 Å². The summed E-state index contributed by atoms with van der Waals surface area (Å²) in [7, 11) is 1.25. The van der Waals surface area contributed by atoms with Crippen LogP contribution < -0.4 is 5.32 Å². The van der Waals surface area contributed by atoms with Crippen LogP contribution in [-0.4, -0.2) is 24.1 Å². The Labute approximate surface area is 110 Å². The highest BCUT2D eigenvalue weighted by Crippen LogP contribution is 2.27. The molecule has 5 heteroatoms. The number of rotatable bonds is 2. The van der Waals surface area contributed by atoms with E-state index < -0.39 is 5.97 Å². The highest BCUT2D eigenvalue weighted by atomic mass is 16.5. The quantitative estimate of drug-likeness (QED) is 0.621. The smallest absolute Gasteiger partial charge is 0.340 e. The van der Waals surface area contributed by atoms with E-state index >= 15 is 0 Å². The zero-order valence-electron chi connectivity index (χ0n) is 10.6. The Morgan fingerprint density at radius 3 is 2.68 bits per heavy atom. The normalized spacial score (nSPS) is 16.7. The summed E-state index contributed by atoms with van der Waals surface area (Å²) in [6.45, 7) is 1.62. The molecule has 2 N–H and O–H groups in total. The molecule has 1 aliphatic rings. The number of aromatic hydroxyl groups is 1. The van der Waals surface area contributed by atoms with Crippen molar-refractivity contribution in [2.45, 2.75) is 6.92 Å². The van der Waals surface area contributed by atoms with Crippen molar-refractivity contribution in [2.24, 2.45) is 0 Å². The summed E-state index contributed by atoms with van der Waals surface area (Å²) in [5, 5.41) is 12.3. The lowest BCUT2D eigenvalue weighted by molar-refractivity contribution is -0.136. The second-order valence-electron chi connectivity index (χ2n) is 4.06. The standard InChI is InChI=1S/C14H13NO4/c1-8-12(14(18)19-2)10(13(17)15-8)7-9-5-3-4-6-11(9)16/h3-7,16H,1-2H3,(H,15,17). The Kier molecular flexibility index (Phi) is 3.37. The largest absolute Gasteiger partial charge is 0.507 e. The van der Waals surface area contributed by atoms with Gasteiger partial charge in [-0.25, -0.2) is 4.79 Å². The third-order valence-electron chi connectivity index (χ3n) is 2.82. The Morgan fingerprint density at radius 1 is 1.37 bits per heavy atom. The van der Waals surface area contributed by atoms with Crippen LogP contribution >= 0.6 is 0 Å². The van der Waals surface area contributed by atoms with Gasteiger partial charge in [0.15, 0.2) is 0 Å². The molecular weight excluding hydrogens is 246 g/mol. The maximum atomic E-state index is 11.8. The van der Waals surface area contributed by atoms with E-state index in [1.165, 1.54) is 19.3 Å². The summed E-state index contributed by atoms with van der Waals surface area (Å²) in [5.74, 6) is -0.935. The van der Waals surface area contributed by atoms with Crippen LogP contribution in [0.1, 0.15) is 12.5 Å². The number of methoxy groups -OCH3 is 1. The Morgan fingerprint density at radius 2 is 2.05 bits per heavy atom. The van der Waals surface area contributed by atoms with E-state index in [9.17, 15) is 14.7 Å². The topological polar surface area (TPSA) is 75.6 Å². The highest BCUT2D eigenvalue weighted by Gasteiger charge is 2.30. The molecule has 98 valence electrons. The molecule has 2 rings (SSSR count). The summed E-state index contributed by atoms with van der Waals surface area (Å²) < 4.78 is 4.66. The fourth-order valence-electron chi connectivity index (χ4n) is 1.88. The number of hydrogen-bond donors (Lipinski definition) is 2. The summed E-state index contributed by atoms with van der Waals surface area (Å²) in [4.78, 5) is 23.5. The zero-order chi connectivity index (χ0) is 14.0. The molecule has 1 aliphatic heterocycles. The Balaban J connectivity index is 2.51. The van der Waals surface area contributed by atoms with Gasteiger partial charge in [-0.05, 0) is 19.1 Å². The average molecular weight is 259 g/mol. The molecule has 0 unspecified atom stereocenters. The summed E-state index contributed by atoms with van der Waals surface area (Å²) in [6, 6.07) is 6.56. The van der Waals surface area contributed by atoms with Gasteiger partial charge in [0.1, 0.15) is 5.75 Å². The van der Waals surface area contributed by atoms with Gasteiger partial charge in [-0.15, -0.1) is 0 Å². The Bertz CT molecular complexity index is 614. The molecule has 1 heterocycles. The number of hydrogen-bond acceptors (Lipinski definition) is 4. The van der Waals surface area contributed by atoms with Gasteiger partial charge in [0.05, 0.1) is 18.3 Å². The zero-order valence-corrected chi connectivity index (χ0v) is 10.6. The molecule has 1 aromatic rings. The molecule has 0 aliphatic carbocycles. The first kappa shape index (κ1) is 12.9. The molecule has 0 atom stereocenters. The van der Waals surface area contributed by atoms with Crippen molar-refractivity contribution < 1.29 is 19.4 Å². The number of amides is 1. The van der Waals surface area contributed by atoms with Crippen molar-refractivity contribution in [1.29, 1.82) is 0 Å². The first-order valence-corrected chi connectivity index (χ1v) is 5.65. The number of carbonyl (C=O) groups excluding carboxylic acids is 2. The van der Waals surface area contributed by atoms with E-state index in [2.05, 4.69) is 10.1 Å². The van der Waals surface area contributed by atoms with Crippen molar-refractivity contribution in [3.63, 3.8) is 0 Å². The van der Waals surface area contributed by atoms with E-state index in [1.54, 1.807) is 25.1 Å². The van der Waals surface area contributed by atoms with Crippen molar-refractivity contribution >= 4 is 18.0 Å². The molecule has 1 amide bonds. The maximum absolute atomic E-state index is 11.8. The van der Waals surface area contributed by atoms with E-state index in [0.29, 0.717) is 11.3 Å². The lowest BCUT2D eigenvalue weighted by atomic mass is 10.0. The van der Waals surface area contributed by atoms with Crippen LogP contribution in [-0.2, 0) is 14.3 Å². The number of para-hydroxylation sites is 1. The average Bonchev–Trinajstić information content (AvgIpc) is 2.66. The predicted molar refractivity (Wildman–Crippen MR) is 68.9 cm³/mol. The SMILES string of the molecule is COC(=O)C1=C(C)NC(=O)C1=Cc1ccccc1O. The van der Waals surface area contributed by atoms with Gasteiger partial charge in [0.25, 0.3) is 5.91 Å². The number of benzene rings is 1. The molecule has 0 bridgehead atoms. The van der Waals surface area contributed by atoms with Gasteiger partial charge < -0.3 is 15.2 Å². The molecule has 0 saturated carbocycles. The minimum atomic E-state index is -0.586. The van der Waals surface area contributed by atoms with Crippen LogP contribution in [0.5, 0.6) is 5.75 Å². The fraction of sp³-hybridized carbons (Fsp3) is 0.143. The van der Waals surface area contributed by atoms with Gasteiger partial charge in [-0.3, -0.25) is 4.79 Å². The maximum Gasteiger partial charge on any atom is 0.340 e. The van der Waals surface area contributed by atoms with E-state index in [-0.39, 0.29) is 22.8 Å². The monoisotopic (exact) mass is 259 g/mol. The number of esters is 1. The molecule has 1 aromatic carbocycles. The van der Waals surface area contributed by atoms with Crippen LogP contribution in [0.3, 0.4) is 0 Å². The van der Waals surface area contributed by atoms with Gasteiger partial charge >= 0.3 is 5.97 Å². The first-order valence-electron chi connectivity index (χ1n) is 5.65. The fourth-order valence-corrected chi connectivity index (χ4v) is 1.88. The third-order valence-corrected chi connectivity index (χ3v) is 2.82. The molecule has 5 nitrogen and oxygen atoms in total. The number of nitrogens with one attached hydrogen (secondary N) is 1. The van der Waals surface area contributed by atoms with Gasteiger partial charge in [0.2, 0.25) is 0 Å². The van der Waals surface area contributed by atoms with Crippen molar-refractivity contribution in [1.82, 2.24) is 5.32 Å². The van der Waals surface area contributed by atoms with Gasteiger partial charge in [-0.2, -0.15) is 0 Å². The number of ether oxygens (including phenoxy) is 1. The van der Waals surface area contributed by atoms with Crippen molar-refractivity contribution in [3.05, 3.63) is 46.7 Å². The van der Waals surface area contributed by atoms with Gasteiger partial charge in [0, 0.05) is 11.3 Å². The highest BCUT2D eigenvalue weighted by molar-refractivity contribution is 6.16. The van der Waals surface area contributed by atoms with Crippen LogP contribution in [0.2, 0.25) is 0 Å². The molecule has 0 saturated heterocycles. The number of carbonyl (C=O) groups is 2. The second kappa shape index (κ2) is 4.97. The van der Waals surface area contributed by atoms with Crippen LogP contribution in [0.25, 0.3) is 6.08 Å². The molecule has 19 heavy (non-hydrogen) atoms. The lowest BCUT2D eigenvalue weighted by Crippen LogP contribution is -2.15. The Hall–Kier alpha value is -2.56. The summed E-state index contributed by atoms with van der Waals surface area (Å²) >= 11 is 0. The second-order valence-corrected chi connectivity index (χ2v) is 4.06. The predicted octanol–water partition coefficient (Wildman–Crippen LogP) is 1.35. The van der Waals surface area contributed by atoms with E-state index in [0.717, 1.165) is 0 Å². The molecule has 0 fully saturated rings. The van der Waals surface area contributed by atoms with E-state index in [1.807, 2.05) is 0 Å². The minimum Gasteiger partial charge on any atom is -0.507 e. The number of phenols is 1. The first-order chi connectivity index (χ1) is 9.04. The molecular formula is C14H13NO4. The van der Waals surface area contributed by atoms with Crippen LogP contribution in [0, 0.1) is 0 Å². The number of phenolic OH excluding ortho intramolecular Hbond substituents is 1. The summed E-state index contributed by atoms with van der Waals surface area (Å²) in [6.07, 6.45) is 1.47. The van der Waals surface area contributed by atoms with Gasteiger partial charge in [-0.1, -0.05) is 18.2 Å². The van der Waals surface area contributed by atoms with Crippen LogP contribution in [0.15, 0.2) is 41.1 Å². The van der Waals surface area contributed by atoms with Crippen molar-refractivity contribution in [3.8, 4) is 5.75 Å². The minimum absolute atomic E-state index is 0.0385. The molecule has 0 radical (unpaired) electrons. The molecule has 0 aromatic heterocycles. The third kappa shape index (κ3) is 2.35. The van der Waals surface area contributed by atoms with Crippen molar-refractivity contribution in [2.75, 3.05) is 7.11 Å². The summed E-state index contributed by atoms with van der Waals surface area (Å²) in [5.41, 5.74) is 1.28. The lowest BCUT2D eigenvalue weighted by Gasteiger charge is -2.03. The van der Waals surface area contributed by atoms with E-state index in [4.69, 9.17) is 0 Å².